The van der Waals surface area contributed by atoms with E-state index in [4.69, 9.17) is 4.43 Å². The minimum Gasteiger partial charge on any atom is -0.415 e. The SMILES string of the molecule is C[Si](OC[C@@H]1CCC2(CC2)N1Cc1ccccc1)C(C)(C)C. The van der Waals surface area contributed by atoms with E-state index in [2.05, 4.69) is 62.5 Å². The normalized spacial score (nSPS) is 24.3. The summed E-state index contributed by atoms with van der Waals surface area (Å²) in [6.45, 7) is 11.3. The Morgan fingerprint density at radius 1 is 1.18 bits per heavy atom. The summed E-state index contributed by atoms with van der Waals surface area (Å²) in [6, 6.07) is 11.6. The molecular formula is C19H30NOSi. The smallest absolute Gasteiger partial charge is 0.213 e. The molecule has 1 spiro atoms. The van der Waals surface area contributed by atoms with Crippen molar-refractivity contribution in [1.82, 2.24) is 4.90 Å². The van der Waals surface area contributed by atoms with Gasteiger partial charge in [0.25, 0.3) is 0 Å². The van der Waals surface area contributed by atoms with Crippen LogP contribution in [0.1, 0.15) is 52.0 Å². The summed E-state index contributed by atoms with van der Waals surface area (Å²) in [5.41, 5.74) is 1.96. The van der Waals surface area contributed by atoms with Crippen molar-refractivity contribution < 1.29 is 4.43 Å². The third kappa shape index (κ3) is 3.47. The molecule has 1 saturated carbocycles. The molecule has 1 radical (unpaired) electrons. The van der Waals surface area contributed by atoms with Gasteiger partial charge in [-0.3, -0.25) is 4.90 Å². The van der Waals surface area contributed by atoms with Gasteiger partial charge < -0.3 is 4.43 Å². The standard InChI is InChI=1S/C19H30NOSi/c1-18(2,3)22(4)21-15-17-10-11-19(12-13-19)20(17)14-16-8-6-5-7-9-16/h5-9,17H,10-15H2,1-4H3/t17-/m0/s1. The van der Waals surface area contributed by atoms with Crippen molar-refractivity contribution >= 4 is 9.04 Å². The lowest BCUT2D eigenvalue weighted by molar-refractivity contribution is 0.119. The van der Waals surface area contributed by atoms with Gasteiger partial charge in [-0.25, -0.2) is 0 Å². The summed E-state index contributed by atoms with van der Waals surface area (Å²) < 4.78 is 6.34. The summed E-state index contributed by atoms with van der Waals surface area (Å²) in [6.07, 6.45) is 5.46. The van der Waals surface area contributed by atoms with E-state index in [0.717, 1.165) is 13.2 Å². The molecular weight excluding hydrogens is 286 g/mol. The number of likely N-dealkylation sites (tertiary alicyclic amines) is 1. The lowest BCUT2D eigenvalue weighted by Gasteiger charge is -2.32. The van der Waals surface area contributed by atoms with E-state index in [9.17, 15) is 0 Å². The topological polar surface area (TPSA) is 12.5 Å². The largest absolute Gasteiger partial charge is 0.415 e. The van der Waals surface area contributed by atoms with E-state index in [1.165, 1.54) is 31.2 Å². The summed E-state index contributed by atoms with van der Waals surface area (Å²) in [5.74, 6) is 0. The molecule has 1 aliphatic carbocycles. The second-order valence-electron chi connectivity index (χ2n) is 8.15. The zero-order chi connectivity index (χ0) is 15.8. The highest BCUT2D eigenvalue weighted by atomic mass is 28.3. The monoisotopic (exact) mass is 316 g/mol. The molecule has 121 valence electrons. The first-order chi connectivity index (χ1) is 10.4. The Bertz CT molecular complexity index is 492. The van der Waals surface area contributed by atoms with Crippen LogP contribution in [0.2, 0.25) is 11.6 Å². The maximum Gasteiger partial charge on any atom is 0.213 e. The fraction of sp³-hybridized carbons (Fsp3) is 0.684. The second-order valence-corrected chi connectivity index (χ2v) is 11.0. The number of benzene rings is 1. The van der Waals surface area contributed by atoms with Crippen molar-refractivity contribution in [3.63, 3.8) is 0 Å². The Balaban J connectivity index is 1.63. The Hall–Kier alpha value is -0.643. The summed E-state index contributed by atoms with van der Waals surface area (Å²) in [5, 5.41) is 0.324. The molecule has 1 aromatic carbocycles. The summed E-state index contributed by atoms with van der Waals surface area (Å²) in [7, 11) is -0.731. The maximum absolute atomic E-state index is 6.34. The first-order valence-electron chi connectivity index (χ1n) is 8.68. The minimum absolute atomic E-state index is 0.324. The number of nitrogens with zero attached hydrogens (tertiary/aromatic N) is 1. The molecule has 0 aromatic heterocycles. The van der Waals surface area contributed by atoms with Crippen LogP contribution in [0.3, 0.4) is 0 Å². The van der Waals surface area contributed by atoms with E-state index < -0.39 is 9.04 Å². The number of hydrogen-bond acceptors (Lipinski definition) is 2. The van der Waals surface area contributed by atoms with Gasteiger partial charge in [-0.2, -0.15) is 0 Å². The highest BCUT2D eigenvalue weighted by Gasteiger charge is 2.54. The van der Waals surface area contributed by atoms with E-state index in [1.54, 1.807) is 0 Å². The molecule has 1 atom stereocenters. The molecule has 2 nitrogen and oxygen atoms in total. The predicted molar refractivity (Wildman–Crippen MR) is 94.3 cm³/mol. The van der Waals surface area contributed by atoms with E-state index >= 15 is 0 Å². The zero-order valence-electron chi connectivity index (χ0n) is 14.6. The van der Waals surface area contributed by atoms with E-state index in [-0.39, 0.29) is 0 Å². The molecule has 3 rings (SSSR count). The fourth-order valence-corrected chi connectivity index (χ4v) is 4.37. The van der Waals surface area contributed by atoms with Gasteiger partial charge in [0.2, 0.25) is 9.04 Å². The van der Waals surface area contributed by atoms with Gasteiger partial charge in [-0.1, -0.05) is 51.1 Å². The van der Waals surface area contributed by atoms with Crippen LogP contribution in [0.15, 0.2) is 30.3 Å². The average molecular weight is 317 g/mol. The van der Waals surface area contributed by atoms with Crippen LogP contribution in [0.25, 0.3) is 0 Å². The van der Waals surface area contributed by atoms with Crippen LogP contribution in [0.5, 0.6) is 0 Å². The zero-order valence-corrected chi connectivity index (χ0v) is 15.6. The Morgan fingerprint density at radius 3 is 2.45 bits per heavy atom. The van der Waals surface area contributed by atoms with Crippen LogP contribution in [0, 0.1) is 0 Å². The van der Waals surface area contributed by atoms with Crippen molar-refractivity contribution in [2.24, 2.45) is 0 Å². The van der Waals surface area contributed by atoms with E-state index in [1.807, 2.05) is 0 Å². The van der Waals surface area contributed by atoms with Gasteiger partial charge in [0.15, 0.2) is 0 Å². The van der Waals surface area contributed by atoms with Gasteiger partial charge in [-0.15, -0.1) is 0 Å². The fourth-order valence-electron chi connectivity index (χ4n) is 3.49. The van der Waals surface area contributed by atoms with Crippen LogP contribution in [-0.2, 0) is 11.0 Å². The average Bonchev–Trinajstić information content (AvgIpc) is 3.18. The van der Waals surface area contributed by atoms with Crippen LogP contribution < -0.4 is 0 Å². The van der Waals surface area contributed by atoms with Gasteiger partial charge in [0.1, 0.15) is 0 Å². The van der Waals surface area contributed by atoms with Gasteiger partial charge >= 0.3 is 0 Å². The second kappa shape index (κ2) is 6.10. The third-order valence-corrected chi connectivity index (χ3v) is 8.28. The molecule has 3 heteroatoms. The van der Waals surface area contributed by atoms with Gasteiger partial charge in [0.05, 0.1) is 0 Å². The lowest BCUT2D eigenvalue weighted by Crippen LogP contribution is -2.41. The van der Waals surface area contributed by atoms with Crippen molar-refractivity contribution in [1.29, 1.82) is 0 Å². The molecule has 0 bridgehead atoms. The molecule has 1 heterocycles. The van der Waals surface area contributed by atoms with Crippen molar-refractivity contribution in [3.05, 3.63) is 35.9 Å². The Morgan fingerprint density at radius 2 is 1.86 bits per heavy atom. The Labute approximate surface area is 137 Å². The molecule has 0 amide bonds. The molecule has 0 unspecified atom stereocenters. The summed E-state index contributed by atoms with van der Waals surface area (Å²) in [4.78, 5) is 2.76. The quantitative estimate of drug-likeness (QED) is 0.735. The maximum atomic E-state index is 6.34. The highest BCUT2D eigenvalue weighted by molar-refractivity contribution is 6.53. The van der Waals surface area contributed by atoms with Crippen molar-refractivity contribution in [2.45, 2.75) is 76.2 Å². The number of rotatable bonds is 5. The molecule has 1 saturated heterocycles. The molecule has 2 aliphatic rings. The van der Waals surface area contributed by atoms with Crippen LogP contribution >= 0.6 is 0 Å². The predicted octanol–water partition coefficient (Wildman–Crippen LogP) is 4.62. The van der Waals surface area contributed by atoms with Crippen LogP contribution in [0.4, 0.5) is 0 Å². The first-order valence-corrected chi connectivity index (χ1v) is 10.6. The minimum atomic E-state index is -0.731. The van der Waals surface area contributed by atoms with Crippen molar-refractivity contribution in [2.75, 3.05) is 6.61 Å². The number of hydrogen-bond donors (Lipinski definition) is 0. The first kappa shape index (κ1) is 16.2. The molecule has 2 fully saturated rings. The molecule has 0 N–H and O–H groups in total. The lowest BCUT2D eigenvalue weighted by atomic mass is 10.1. The Kier molecular flexibility index (Phi) is 4.50. The molecule has 1 aliphatic heterocycles. The molecule has 22 heavy (non-hydrogen) atoms. The van der Waals surface area contributed by atoms with Gasteiger partial charge in [-0.05, 0) is 42.8 Å². The molecule has 1 aromatic rings. The van der Waals surface area contributed by atoms with Gasteiger partial charge in [0, 0.05) is 24.7 Å². The highest BCUT2D eigenvalue weighted by Crippen LogP contribution is 2.52. The van der Waals surface area contributed by atoms with E-state index in [0.29, 0.717) is 16.6 Å². The van der Waals surface area contributed by atoms with Crippen LogP contribution in [-0.4, -0.2) is 32.1 Å². The van der Waals surface area contributed by atoms with Crippen molar-refractivity contribution in [3.8, 4) is 0 Å². The summed E-state index contributed by atoms with van der Waals surface area (Å²) >= 11 is 0. The third-order valence-electron chi connectivity index (χ3n) is 5.56.